The molecular weight excluding hydrogens is 662 g/mol. The van der Waals surface area contributed by atoms with Crippen molar-refractivity contribution in [3.63, 3.8) is 0 Å². The van der Waals surface area contributed by atoms with Crippen molar-refractivity contribution < 1.29 is 6.51 Å². The molecule has 262 valence electrons. The Morgan fingerprint density at radius 2 is 0.872 bits per heavy atom. The Balaban J connectivity index is 0.924. The van der Waals surface area contributed by atoms with Gasteiger partial charge in [0.05, 0.1) is 0 Å². The van der Waals surface area contributed by atoms with E-state index >= 15 is 0 Å². The molecule has 0 radical (unpaired) electrons. The average Bonchev–Trinajstić information content (AvgIpc) is 3.88. The van der Waals surface area contributed by atoms with E-state index in [9.17, 15) is 0 Å². The molecule has 0 amide bonds. The van der Waals surface area contributed by atoms with E-state index < -0.39 is 14.6 Å². The van der Waals surface area contributed by atoms with E-state index in [0.29, 0.717) is 10.3 Å². The first-order chi connectivity index (χ1) is 21.8. The molecule has 8 bridgehead atoms. The van der Waals surface area contributed by atoms with Gasteiger partial charge in [-0.25, -0.2) is 0 Å². The maximum absolute atomic E-state index is 3.79. The van der Waals surface area contributed by atoms with Gasteiger partial charge < -0.3 is 0 Å². The SMILES string of the molecule is CC(C)(C)P(C[C]12[CH]3[C]4([Si](C)(C)C)[CH]5[C]1(CP(C1C6CC7CC(C6)CC1C7)C1C6CC7CC(C6)CC1C7)[Fe]53241678[CH]2[CH]1[CH]6[CH]7[CH]28)C(C)(C)C. The van der Waals surface area contributed by atoms with Gasteiger partial charge in [0.15, 0.2) is 0 Å². The monoisotopic (exact) mass is 730 g/mol. The van der Waals surface area contributed by atoms with Gasteiger partial charge in [0, 0.05) is 0 Å². The fourth-order valence-corrected chi connectivity index (χ4v) is 153. The molecule has 18 aliphatic rings. The van der Waals surface area contributed by atoms with E-state index in [0.717, 1.165) is 12.6 Å². The number of rotatable bonds is 7. The zero-order valence-corrected chi connectivity index (χ0v) is 35.4. The summed E-state index contributed by atoms with van der Waals surface area (Å²) in [7, 11) is -0.941. The second-order valence-corrected chi connectivity index (χ2v) is 63.1. The number of hydrogen-bond acceptors (Lipinski definition) is 0. The van der Waals surface area contributed by atoms with E-state index in [1.165, 1.54) is 92.4 Å². The summed E-state index contributed by atoms with van der Waals surface area (Å²) in [6.45, 7) is 21.6. The van der Waals surface area contributed by atoms with Crippen molar-refractivity contribution >= 4 is 23.9 Å². The van der Waals surface area contributed by atoms with Crippen molar-refractivity contribution in [3.05, 3.63) is 0 Å². The predicted molar refractivity (Wildman–Crippen MR) is 202 cm³/mol. The Labute approximate surface area is 281 Å². The van der Waals surface area contributed by atoms with Crippen molar-refractivity contribution in [2.45, 2.75) is 193 Å². The zero-order chi connectivity index (χ0) is 31.8. The molecule has 47 heavy (non-hydrogen) atoms. The predicted octanol–water partition coefficient (Wildman–Crippen LogP) is 13.6. The van der Waals surface area contributed by atoms with Gasteiger partial charge in [0.2, 0.25) is 0 Å². The van der Waals surface area contributed by atoms with Crippen LogP contribution in [0.25, 0.3) is 0 Å². The Hall–Kier alpha value is 1.60. The molecule has 10 saturated heterocycles. The normalized spacial score (nSPS) is 79.3. The summed E-state index contributed by atoms with van der Waals surface area (Å²) in [5.74, 6) is 9.46. The third kappa shape index (κ3) is 0.873. The second-order valence-electron chi connectivity index (χ2n) is 27.8. The summed E-state index contributed by atoms with van der Waals surface area (Å²) in [5, 5.41) is 1.05. The van der Waals surface area contributed by atoms with Gasteiger partial charge in [0.25, 0.3) is 0 Å². The maximum atomic E-state index is 3.00. The van der Waals surface area contributed by atoms with Gasteiger partial charge in [-0.05, 0) is 0 Å². The van der Waals surface area contributed by atoms with Crippen LogP contribution in [0, 0.1) is 47.3 Å². The first kappa shape index (κ1) is 27.2. The van der Waals surface area contributed by atoms with Crippen LogP contribution in [0.1, 0.15) is 106 Å². The number of hydrogen-bond donors (Lipinski definition) is 0. The van der Waals surface area contributed by atoms with Crippen LogP contribution in [-0.4, -0.2) is 42.0 Å². The van der Waals surface area contributed by atoms with Crippen LogP contribution >= 0.6 is 15.8 Å². The molecular formula is C43H68FeP2Si. The molecule has 0 aromatic heterocycles. The van der Waals surface area contributed by atoms with Crippen LogP contribution in [0.5, 0.6) is 0 Å². The third-order valence-corrected chi connectivity index (χ3v) is 90.6. The molecule has 5 atom stereocenters. The molecule has 10 heterocycles. The molecule has 0 nitrogen and oxygen atoms in total. The molecule has 10 aliphatic heterocycles. The summed E-state index contributed by atoms with van der Waals surface area (Å²) < 4.78 is 3.25. The van der Waals surface area contributed by atoms with Gasteiger partial charge in [-0.15, -0.1) is 0 Å². The minimum absolute atomic E-state index is 0.0453. The summed E-state index contributed by atoms with van der Waals surface area (Å²) in [5.41, 5.74) is 2.51. The molecule has 0 aromatic carbocycles. The summed E-state index contributed by atoms with van der Waals surface area (Å²) in [6.07, 6.45) is 20.8. The first-order valence-corrected chi connectivity index (χ1v) is 34.4. The van der Waals surface area contributed by atoms with Crippen molar-refractivity contribution in [1.82, 2.24) is 0 Å². The van der Waals surface area contributed by atoms with E-state index in [1.807, 2.05) is 12.3 Å². The Morgan fingerprint density at radius 3 is 1.17 bits per heavy atom. The van der Waals surface area contributed by atoms with E-state index in [1.54, 1.807) is 64.2 Å². The molecule has 18 fully saturated rings. The van der Waals surface area contributed by atoms with Gasteiger partial charge in [-0.3, -0.25) is 0 Å². The molecule has 5 unspecified atom stereocenters. The molecule has 1 spiro atoms. The van der Waals surface area contributed by atoms with Crippen molar-refractivity contribution in [1.29, 1.82) is 0 Å². The molecule has 0 N–H and O–H groups in total. The number of fused-ring (bicyclic) bond motifs is 10. The zero-order valence-electron chi connectivity index (χ0n) is 31.5. The Kier molecular flexibility index (Phi) is 2.60. The second kappa shape index (κ2) is 4.50. The fourth-order valence-electron chi connectivity index (χ4n) is 32.1. The third-order valence-electron chi connectivity index (χ3n) is 28.3. The van der Waals surface area contributed by atoms with E-state index in [4.69, 9.17) is 0 Å². The van der Waals surface area contributed by atoms with E-state index in [-0.39, 0.29) is 15.8 Å². The summed E-state index contributed by atoms with van der Waals surface area (Å²) in [4.78, 5) is 10.3. The summed E-state index contributed by atoms with van der Waals surface area (Å²) in [6, 6.07) is 0. The molecule has 18 rings (SSSR count). The topological polar surface area (TPSA) is 0 Å². The fraction of sp³-hybridized carbons (Fsp3) is 1.00. The molecule has 0 aromatic rings. The van der Waals surface area contributed by atoms with Crippen LogP contribution in [-0.2, 0) is 6.51 Å². The minimum atomic E-state index is -3.79. The van der Waals surface area contributed by atoms with Crippen LogP contribution in [0.2, 0.25) is 65.9 Å². The van der Waals surface area contributed by atoms with Crippen molar-refractivity contribution in [2.75, 3.05) is 12.3 Å². The van der Waals surface area contributed by atoms with E-state index in [2.05, 4.69) is 61.2 Å². The van der Waals surface area contributed by atoms with Crippen LogP contribution in [0.3, 0.4) is 0 Å². The standard InChI is InChI=1S/C38H63P2Si.C5H5.Fe/c1-37(2,3)40(38(4,5)6)23-33-21-34(41(7,8)9)20-32(33)22-39(35-28-12-24-10-25(14-28)15-29(35)13-24)36-30-16-26-11-27(18-30)19-31(36)17-26;1-2-4-5-3-1;/h20-21,24-31,35-36H,10-19,22-23H2,1-9H3;1-5H;. The van der Waals surface area contributed by atoms with Crippen molar-refractivity contribution in [3.8, 4) is 0 Å². The van der Waals surface area contributed by atoms with Crippen LogP contribution in [0.4, 0.5) is 0 Å². The molecule has 8 aliphatic carbocycles. The molecule has 4 heteroatoms. The molecule has 8 saturated carbocycles. The van der Waals surface area contributed by atoms with Gasteiger partial charge >= 0.3 is 283 Å². The summed E-state index contributed by atoms with van der Waals surface area (Å²) >= 11 is 0. The Morgan fingerprint density at radius 1 is 0.532 bits per heavy atom. The first-order valence-electron chi connectivity index (χ1n) is 21.6. The van der Waals surface area contributed by atoms with Crippen LogP contribution < -0.4 is 0 Å². The van der Waals surface area contributed by atoms with Gasteiger partial charge in [-0.2, -0.15) is 0 Å². The van der Waals surface area contributed by atoms with Crippen molar-refractivity contribution in [2.24, 2.45) is 47.3 Å². The average molecular weight is 731 g/mol. The quantitative estimate of drug-likeness (QED) is 0.181. The van der Waals surface area contributed by atoms with Gasteiger partial charge in [-0.1, -0.05) is 0 Å². The van der Waals surface area contributed by atoms with Crippen LogP contribution in [0.15, 0.2) is 0 Å². The Bertz CT molecular complexity index is 1910. The van der Waals surface area contributed by atoms with Gasteiger partial charge in [0.1, 0.15) is 0 Å².